The molecule has 126 valence electrons. The highest BCUT2D eigenvalue weighted by atomic mass is 32.1. The van der Waals surface area contributed by atoms with Gasteiger partial charge in [0.2, 0.25) is 0 Å². The normalized spacial score (nSPS) is 22.1. The molecule has 1 heterocycles. The van der Waals surface area contributed by atoms with Gasteiger partial charge in [0.25, 0.3) is 0 Å². The molecule has 0 amide bonds. The van der Waals surface area contributed by atoms with Gasteiger partial charge >= 0.3 is 0 Å². The molecule has 24 heavy (non-hydrogen) atoms. The van der Waals surface area contributed by atoms with E-state index in [1.165, 1.54) is 12.1 Å². The van der Waals surface area contributed by atoms with Crippen LogP contribution < -0.4 is 5.32 Å². The maximum Gasteiger partial charge on any atom is 0.177 e. The predicted molar refractivity (Wildman–Crippen MR) is 95.6 cm³/mol. The van der Waals surface area contributed by atoms with E-state index in [0.29, 0.717) is 6.61 Å². The molecule has 0 spiro atoms. The van der Waals surface area contributed by atoms with Crippen LogP contribution in [0.1, 0.15) is 35.8 Å². The summed E-state index contributed by atoms with van der Waals surface area (Å²) in [6, 6.07) is 14.2. The van der Waals surface area contributed by atoms with Crippen LogP contribution in [-0.4, -0.2) is 24.8 Å². The molecule has 1 N–H and O–H groups in total. The Morgan fingerprint density at radius 3 is 2.83 bits per heavy atom. The minimum Gasteiger partial charge on any atom is -0.349 e. The zero-order valence-electron chi connectivity index (χ0n) is 13.4. The molecule has 2 aromatic rings. The average molecular weight is 345 g/mol. The molecule has 0 unspecified atom stereocenters. The van der Waals surface area contributed by atoms with Crippen LogP contribution >= 0.6 is 12.2 Å². The molecule has 0 aromatic heterocycles. The maximum absolute atomic E-state index is 13.2. The SMILES string of the molecule is C[C@@H](O[C@H]1OCCN[C@H]1c1ccc(F)cc1)c1cccc(C=S)c1. The molecule has 3 atom stereocenters. The summed E-state index contributed by atoms with van der Waals surface area (Å²) in [6.45, 7) is 3.30. The van der Waals surface area contributed by atoms with E-state index in [-0.39, 0.29) is 18.0 Å². The first-order valence-corrected chi connectivity index (χ1v) is 8.45. The number of ether oxygens (including phenoxy) is 2. The zero-order chi connectivity index (χ0) is 16.9. The molecule has 2 aromatic carbocycles. The summed E-state index contributed by atoms with van der Waals surface area (Å²) in [5.74, 6) is -0.252. The second kappa shape index (κ2) is 7.94. The van der Waals surface area contributed by atoms with Crippen molar-refractivity contribution in [2.24, 2.45) is 0 Å². The predicted octanol–water partition coefficient (Wildman–Crippen LogP) is 3.94. The van der Waals surface area contributed by atoms with Crippen LogP contribution in [0.4, 0.5) is 4.39 Å². The number of rotatable bonds is 5. The second-order valence-corrected chi connectivity index (χ2v) is 6.02. The van der Waals surface area contributed by atoms with E-state index >= 15 is 0 Å². The van der Waals surface area contributed by atoms with E-state index in [9.17, 15) is 4.39 Å². The van der Waals surface area contributed by atoms with Crippen LogP contribution in [0.5, 0.6) is 0 Å². The van der Waals surface area contributed by atoms with Crippen molar-refractivity contribution in [2.75, 3.05) is 13.2 Å². The molecule has 1 aliphatic rings. The topological polar surface area (TPSA) is 30.5 Å². The Bertz CT molecular complexity index is 692. The largest absolute Gasteiger partial charge is 0.349 e. The van der Waals surface area contributed by atoms with Gasteiger partial charge in [0.1, 0.15) is 5.82 Å². The van der Waals surface area contributed by atoms with E-state index < -0.39 is 6.29 Å². The lowest BCUT2D eigenvalue weighted by Gasteiger charge is -2.34. The standard InChI is InChI=1S/C19H20FNO2S/c1-13(16-4-2-3-14(11-16)12-24)23-19-18(21-9-10-22-19)15-5-7-17(20)8-6-15/h2-8,11-13,18-19,21H,9-10H2,1H3/t13-,18+,19-/m1/s1. The van der Waals surface area contributed by atoms with Gasteiger partial charge in [-0.3, -0.25) is 0 Å². The molecule has 1 saturated heterocycles. The number of halogens is 1. The summed E-state index contributed by atoms with van der Waals surface area (Å²) in [5.41, 5.74) is 2.97. The van der Waals surface area contributed by atoms with E-state index in [4.69, 9.17) is 21.7 Å². The van der Waals surface area contributed by atoms with Crippen molar-refractivity contribution in [3.8, 4) is 0 Å². The summed E-state index contributed by atoms with van der Waals surface area (Å²) in [6.07, 6.45) is -0.580. The summed E-state index contributed by atoms with van der Waals surface area (Å²) in [5, 5.41) is 5.04. The molecule has 3 nitrogen and oxygen atoms in total. The lowest BCUT2D eigenvalue weighted by molar-refractivity contribution is -0.200. The van der Waals surface area contributed by atoms with Gasteiger partial charge in [-0.05, 0) is 41.8 Å². The Morgan fingerprint density at radius 2 is 2.08 bits per heavy atom. The van der Waals surface area contributed by atoms with Crippen LogP contribution in [0, 0.1) is 5.82 Å². The summed E-state index contributed by atoms with van der Waals surface area (Å²) >= 11 is 4.99. The van der Waals surface area contributed by atoms with Crippen LogP contribution in [0.15, 0.2) is 48.5 Å². The fourth-order valence-corrected chi connectivity index (χ4v) is 2.96. The molecule has 0 radical (unpaired) electrons. The Hall–Kier alpha value is -1.66. The summed E-state index contributed by atoms with van der Waals surface area (Å²) in [7, 11) is 0. The van der Waals surface area contributed by atoms with E-state index in [1.54, 1.807) is 17.5 Å². The smallest absolute Gasteiger partial charge is 0.177 e. The highest BCUT2D eigenvalue weighted by Gasteiger charge is 2.29. The van der Waals surface area contributed by atoms with Crippen molar-refractivity contribution >= 4 is 17.6 Å². The first kappa shape index (κ1) is 17.2. The number of morpholine rings is 1. The summed E-state index contributed by atoms with van der Waals surface area (Å²) in [4.78, 5) is 0. The van der Waals surface area contributed by atoms with Gasteiger partial charge < -0.3 is 14.8 Å². The fraction of sp³-hybridized carbons (Fsp3) is 0.316. The fourth-order valence-electron chi connectivity index (χ4n) is 2.81. The van der Waals surface area contributed by atoms with Crippen molar-refractivity contribution in [3.05, 3.63) is 71.0 Å². The average Bonchev–Trinajstić information content (AvgIpc) is 2.63. The Morgan fingerprint density at radius 1 is 1.29 bits per heavy atom. The minimum absolute atomic E-state index is 0.129. The van der Waals surface area contributed by atoms with E-state index in [2.05, 4.69) is 5.32 Å². The number of thiocarbonyl (C=S) groups is 1. The lowest BCUT2D eigenvalue weighted by Crippen LogP contribution is -2.43. The van der Waals surface area contributed by atoms with Gasteiger partial charge in [-0.1, -0.05) is 42.5 Å². The third-order valence-corrected chi connectivity index (χ3v) is 4.38. The summed E-state index contributed by atoms with van der Waals surface area (Å²) < 4.78 is 25.1. The third-order valence-electron chi connectivity index (χ3n) is 4.10. The highest BCUT2D eigenvalue weighted by molar-refractivity contribution is 7.79. The van der Waals surface area contributed by atoms with Crippen molar-refractivity contribution in [1.82, 2.24) is 5.32 Å². The Labute approximate surface area is 146 Å². The molecule has 0 saturated carbocycles. The Balaban J connectivity index is 1.75. The van der Waals surface area contributed by atoms with Gasteiger partial charge in [0.15, 0.2) is 6.29 Å². The van der Waals surface area contributed by atoms with Crippen LogP contribution in [-0.2, 0) is 9.47 Å². The number of nitrogens with one attached hydrogen (secondary N) is 1. The molecular weight excluding hydrogens is 325 g/mol. The minimum atomic E-state index is -0.435. The van der Waals surface area contributed by atoms with Crippen molar-refractivity contribution in [1.29, 1.82) is 0 Å². The van der Waals surface area contributed by atoms with Crippen molar-refractivity contribution < 1.29 is 13.9 Å². The van der Waals surface area contributed by atoms with Gasteiger partial charge in [-0.25, -0.2) is 4.39 Å². The quantitative estimate of drug-likeness (QED) is 0.832. The molecule has 5 heteroatoms. The molecule has 3 rings (SSSR count). The van der Waals surface area contributed by atoms with Gasteiger partial charge in [-0.2, -0.15) is 0 Å². The first-order valence-electron chi connectivity index (χ1n) is 7.98. The first-order chi connectivity index (χ1) is 11.7. The van der Waals surface area contributed by atoms with Crippen LogP contribution in [0.3, 0.4) is 0 Å². The van der Waals surface area contributed by atoms with Crippen molar-refractivity contribution in [3.63, 3.8) is 0 Å². The monoisotopic (exact) mass is 345 g/mol. The maximum atomic E-state index is 13.2. The molecular formula is C19H20FNO2S. The van der Waals surface area contributed by atoms with E-state index in [1.807, 2.05) is 31.2 Å². The number of hydrogen-bond donors (Lipinski definition) is 1. The zero-order valence-corrected chi connectivity index (χ0v) is 14.3. The second-order valence-electron chi connectivity index (χ2n) is 5.79. The molecule has 0 bridgehead atoms. The molecule has 1 fully saturated rings. The van der Waals surface area contributed by atoms with Crippen molar-refractivity contribution in [2.45, 2.75) is 25.4 Å². The van der Waals surface area contributed by atoms with Gasteiger partial charge in [-0.15, -0.1) is 0 Å². The number of hydrogen-bond acceptors (Lipinski definition) is 4. The molecule has 1 aliphatic heterocycles. The van der Waals surface area contributed by atoms with E-state index in [0.717, 1.165) is 23.2 Å². The van der Waals surface area contributed by atoms with Gasteiger partial charge in [0, 0.05) is 11.9 Å². The van der Waals surface area contributed by atoms with Gasteiger partial charge in [0.05, 0.1) is 18.8 Å². The molecule has 0 aliphatic carbocycles. The van der Waals surface area contributed by atoms with Crippen LogP contribution in [0.25, 0.3) is 0 Å². The number of benzene rings is 2. The third kappa shape index (κ3) is 4.05. The highest BCUT2D eigenvalue weighted by Crippen LogP contribution is 2.28. The lowest BCUT2D eigenvalue weighted by atomic mass is 10.0. The Kier molecular flexibility index (Phi) is 5.68. The van der Waals surface area contributed by atoms with Crippen LogP contribution in [0.2, 0.25) is 0 Å².